The maximum absolute atomic E-state index is 11.9. The van der Waals surface area contributed by atoms with E-state index >= 15 is 0 Å². The van der Waals surface area contributed by atoms with Crippen LogP contribution in [0, 0.1) is 0 Å². The molecule has 0 saturated carbocycles. The SMILES string of the molecule is CN(C)C1CCN(CCNC(=O)Cc2ccc(Br)cc2)CC1. The molecular formula is C17H26BrN3O. The van der Waals surface area contributed by atoms with E-state index in [2.05, 4.69) is 45.1 Å². The number of nitrogens with one attached hydrogen (secondary N) is 1. The zero-order chi connectivity index (χ0) is 15.9. The van der Waals surface area contributed by atoms with Crippen LogP contribution < -0.4 is 5.32 Å². The summed E-state index contributed by atoms with van der Waals surface area (Å²) in [4.78, 5) is 16.7. The van der Waals surface area contributed by atoms with Gasteiger partial charge in [-0.1, -0.05) is 28.1 Å². The topological polar surface area (TPSA) is 35.6 Å². The molecule has 1 aromatic carbocycles. The number of amides is 1. The van der Waals surface area contributed by atoms with Crippen molar-refractivity contribution in [3.63, 3.8) is 0 Å². The van der Waals surface area contributed by atoms with Gasteiger partial charge in [-0.2, -0.15) is 0 Å². The third kappa shape index (κ3) is 5.71. The van der Waals surface area contributed by atoms with Crippen LogP contribution >= 0.6 is 15.9 Å². The van der Waals surface area contributed by atoms with Crippen LogP contribution in [0.2, 0.25) is 0 Å². The molecule has 0 unspecified atom stereocenters. The minimum Gasteiger partial charge on any atom is -0.355 e. The molecule has 1 N–H and O–H groups in total. The van der Waals surface area contributed by atoms with Crippen molar-refractivity contribution in [2.75, 3.05) is 40.3 Å². The number of benzene rings is 1. The van der Waals surface area contributed by atoms with Gasteiger partial charge in [-0.25, -0.2) is 0 Å². The molecule has 1 fully saturated rings. The zero-order valence-electron chi connectivity index (χ0n) is 13.5. The van der Waals surface area contributed by atoms with Gasteiger partial charge in [-0.05, 0) is 57.7 Å². The van der Waals surface area contributed by atoms with Gasteiger partial charge in [-0.15, -0.1) is 0 Å². The minimum atomic E-state index is 0.102. The van der Waals surface area contributed by atoms with Gasteiger partial charge in [0.05, 0.1) is 6.42 Å². The molecule has 4 nitrogen and oxygen atoms in total. The Hall–Kier alpha value is -0.910. The molecule has 1 aliphatic rings. The summed E-state index contributed by atoms with van der Waals surface area (Å²) < 4.78 is 1.04. The molecule has 5 heteroatoms. The molecule has 22 heavy (non-hydrogen) atoms. The molecule has 0 bridgehead atoms. The van der Waals surface area contributed by atoms with Crippen molar-refractivity contribution in [3.8, 4) is 0 Å². The third-order valence-corrected chi connectivity index (χ3v) is 4.84. The third-order valence-electron chi connectivity index (χ3n) is 4.32. The van der Waals surface area contributed by atoms with Gasteiger partial charge < -0.3 is 15.1 Å². The van der Waals surface area contributed by atoms with Gasteiger partial charge in [0.1, 0.15) is 0 Å². The van der Waals surface area contributed by atoms with Crippen LogP contribution in [0.3, 0.4) is 0 Å². The van der Waals surface area contributed by atoms with Gasteiger partial charge in [0, 0.05) is 23.6 Å². The highest BCUT2D eigenvalue weighted by Crippen LogP contribution is 2.13. The fourth-order valence-corrected chi connectivity index (χ4v) is 3.13. The lowest BCUT2D eigenvalue weighted by atomic mass is 10.0. The van der Waals surface area contributed by atoms with E-state index in [0.717, 1.165) is 36.2 Å². The Balaban J connectivity index is 1.62. The maximum Gasteiger partial charge on any atom is 0.224 e. The van der Waals surface area contributed by atoms with E-state index < -0.39 is 0 Å². The maximum atomic E-state index is 11.9. The fraction of sp³-hybridized carbons (Fsp3) is 0.588. The Morgan fingerprint density at radius 2 is 1.91 bits per heavy atom. The van der Waals surface area contributed by atoms with Crippen molar-refractivity contribution in [1.82, 2.24) is 15.1 Å². The summed E-state index contributed by atoms with van der Waals surface area (Å²) in [5.41, 5.74) is 1.05. The highest BCUT2D eigenvalue weighted by molar-refractivity contribution is 9.10. The number of piperidine rings is 1. The van der Waals surface area contributed by atoms with Gasteiger partial charge in [-0.3, -0.25) is 4.79 Å². The quantitative estimate of drug-likeness (QED) is 0.836. The van der Waals surface area contributed by atoms with E-state index in [1.54, 1.807) is 0 Å². The van der Waals surface area contributed by atoms with Crippen molar-refractivity contribution in [3.05, 3.63) is 34.3 Å². The van der Waals surface area contributed by atoms with E-state index in [1.807, 2.05) is 24.3 Å². The van der Waals surface area contributed by atoms with Gasteiger partial charge in [0.25, 0.3) is 0 Å². The van der Waals surface area contributed by atoms with E-state index in [9.17, 15) is 4.79 Å². The molecule has 1 saturated heterocycles. The first-order valence-corrected chi connectivity index (χ1v) is 8.74. The molecule has 1 heterocycles. The number of hydrogen-bond acceptors (Lipinski definition) is 3. The molecular weight excluding hydrogens is 342 g/mol. The monoisotopic (exact) mass is 367 g/mol. The predicted molar refractivity (Wildman–Crippen MR) is 94.0 cm³/mol. The molecule has 2 rings (SSSR count). The molecule has 0 atom stereocenters. The van der Waals surface area contributed by atoms with Crippen LogP contribution in [0.5, 0.6) is 0 Å². The highest BCUT2D eigenvalue weighted by atomic mass is 79.9. The van der Waals surface area contributed by atoms with E-state index in [0.29, 0.717) is 12.5 Å². The Labute approximate surface area is 142 Å². The first-order valence-electron chi connectivity index (χ1n) is 7.94. The Morgan fingerprint density at radius 1 is 1.27 bits per heavy atom. The Bertz CT molecular complexity index is 467. The molecule has 0 spiro atoms. The Morgan fingerprint density at radius 3 is 2.50 bits per heavy atom. The van der Waals surface area contributed by atoms with Crippen LogP contribution in [0.25, 0.3) is 0 Å². The zero-order valence-corrected chi connectivity index (χ0v) is 15.1. The lowest BCUT2D eigenvalue weighted by Gasteiger charge is -2.35. The number of carbonyl (C=O) groups is 1. The molecule has 122 valence electrons. The fourth-order valence-electron chi connectivity index (χ4n) is 2.86. The Kier molecular flexibility index (Phi) is 6.86. The van der Waals surface area contributed by atoms with E-state index in [1.165, 1.54) is 12.8 Å². The van der Waals surface area contributed by atoms with Crippen molar-refractivity contribution < 1.29 is 4.79 Å². The summed E-state index contributed by atoms with van der Waals surface area (Å²) in [6, 6.07) is 8.61. The first-order chi connectivity index (χ1) is 10.5. The minimum absolute atomic E-state index is 0.102. The lowest BCUT2D eigenvalue weighted by Crippen LogP contribution is -2.44. The smallest absolute Gasteiger partial charge is 0.224 e. The number of carbonyl (C=O) groups excluding carboxylic acids is 1. The van der Waals surface area contributed by atoms with Crippen LogP contribution in [-0.4, -0.2) is 62.0 Å². The van der Waals surface area contributed by atoms with Gasteiger partial charge in [0.15, 0.2) is 0 Å². The lowest BCUT2D eigenvalue weighted by molar-refractivity contribution is -0.120. The van der Waals surface area contributed by atoms with Crippen LogP contribution in [0.15, 0.2) is 28.7 Å². The number of halogens is 1. The van der Waals surface area contributed by atoms with Gasteiger partial charge in [0.2, 0.25) is 5.91 Å². The van der Waals surface area contributed by atoms with E-state index in [-0.39, 0.29) is 5.91 Å². The standard InChI is InChI=1S/C17H26BrN3O/c1-20(2)16-7-10-21(11-8-16)12-9-19-17(22)13-14-3-5-15(18)6-4-14/h3-6,16H,7-13H2,1-2H3,(H,19,22). The normalized spacial score (nSPS) is 16.9. The molecule has 1 aromatic rings. The van der Waals surface area contributed by atoms with Crippen molar-refractivity contribution >= 4 is 21.8 Å². The number of hydrogen-bond donors (Lipinski definition) is 1. The first kappa shape index (κ1) is 17.4. The summed E-state index contributed by atoms with van der Waals surface area (Å²) in [6.45, 7) is 3.95. The van der Waals surface area contributed by atoms with Crippen LogP contribution in [0.4, 0.5) is 0 Å². The van der Waals surface area contributed by atoms with Crippen molar-refractivity contribution in [1.29, 1.82) is 0 Å². The summed E-state index contributed by atoms with van der Waals surface area (Å²) in [7, 11) is 4.31. The second-order valence-corrected chi connectivity index (χ2v) is 7.11. The average Bonchev–Trinajstić information content (AvgIpc) is 2.50. The van der Waals surface area contributed by atoms with Crippen LogP contribution in [0.1, 0.15) is 18.4 Å². The summed E-state index contributed by atoms with van der Waals surface area (Å²) in [5, 5.41) is 3.02. The van der Waals surface area contributed by atoms with E-state index in [4.69, 9.17) is 0 Å². The number of nitrogens with zero attached hydrogens (tertiary/aromatic N) is 2. The average molecular weight is 368 g/mol. The molecule has 1 amide bonds. The molecule has 0 radical (unpaired) electrons. The van der Waals surface area contributed by atoms with Gasteiger partial charge >= 0.3 is 0 Å². The molecule has 0 aliphatic carbocycles. The molecule has 1 aliphatic heterocycles. The summed E-state index contributed by atoms with van der Waals surface area (Å²) in [5.74, 6) is 0.102. The number of likely N-dealkylation sites (tertiary alicyclic amines) is 1. The van der Waals surface area contributed by atoms with Crippen molar-refractivity contribution in [2.24, 2.45) is 0 Å². The largest absolute Gasteiger partial charge is 0.355 e. The second kappa shape index (κ2) is 8.65. The summed E-state index contributed by atoms with van der Waals surface area (Å²) in [6.07, 6.45) is 2.90. The predicted octanol–water partition coefficient (Wildman–Crippen LogP) is 2.13. The summed E-state index contributed by atoms with van der Waals surface area (Å²) >= 11 is 3.40. The van der Waals surface area contributed by atoms with Crippen molar-refractivity contribution in [2.45, 2.75) is 25.3 Å². The second-order valence-electron chi connectivity index (χ2n) is 6.19. The molecule has 0 aromatic heterocycles. The number of rotatable bonds is 6. The highest BCUT2D eigenvalue weighted by Gasteiger charge is 2.20. The van der Waals surface area contributed by atoms with Crippen LogP contribution in [-0.2, 0) is 11.2 Å².